The average Bonchev–Trinajstić information content (AvgIpc) is 2.93. The molecule has 0 radical (unpaired) electrons. The third-order valence-electron chi connectivity index (χ3n) is 5.75. The summed E-state index contributed by atoms with van der Waals surface area (Å²) in [5.74, 6) is -0.153. The summed E-state index contributed by atoms with van der Waals surface area (Å²) in [6, 6.07) is 25.5. The second kappa shape index (κ2) is 10.6. The quantitative estimate of drug-likeness (QED) is 0.167. The molecule has 0 saturated carbocycles. The van der Waals surface area contributed by atoms with E-state index >= 15 is 0 Å². The van der Waals surface area contributed by atoms with E-state index in [4.69, 9.17) is 16.3 Å². The molecule has 11 heteroatoms. The first-order valence-electron chi connectivity index (χ1n) is 11.5. The lowest BCUT2D eigenvalue weighted by atomic mass is 10.0. The molecular weight excluding hydrogens is 524 g/mol. The van der Waals surface area contributed by atoms with Crippen molar-refractivity contribution >= 4 is 45.5 Å². The molecule has 10 nitrogen and oxygen atoms in total. The predicted octanol–water partition coefficient (Wildman–Crippen LogP) is 7.42. The molecule has 0 saturated heterocycles. The van der Waals surface area contributed by atoms with Crippen molar-refractivity contribution in [1.82, 2.24) is 4.98 Å². The number of anilines is 1. The standard InChI is InChI=1S/C28H17ClN4O6/c29-18-7-5-17(6-8-18)27-16-25(24-3-1-2-4-26(24)31-27)28(34)30-19-9-11-22(12-10-19)39-23-14-20(32(35)36)13-21(15-23)33(37)38/h1-16H,(H,30,34). The number of carbonyl (C=O) groups excluding carboxylic acids is 1. The van der Waals surface area contributed by atoms with Crippen LogP contribution >= 0.6 is 11.6 Å². The number of carbonyl (C=O) groups is 1. The summed E-state index contributed by atoms with van der Waals surface area (Å²) in [5.41, 5.74) is 2.04. The van der Waals surface area contributed by atoms with Crippen LogP contribution in [0.5, 0.6) is 11.5 Å². The number of hydrogen-bond donors (Lipinski definition) is 1. The molecule has 1 aromatic heterocycles. The van der Waals surface area contributed by atoms with Crippen LogP contribution in [-0.2, 0) is 0 Å². The van der Waals surface area contributed by atoms with Crippen LogP contribution in [0.3, 0.4) is 0 Å². The Bertz CT molecular complexity index is 1710. The van der Waals surface area contributed by atoms with Gasteiger partial charge in [0, 0.05) is 21.7 Å². The SMILES string of the molecule is O=C(Nc1ccc(Oc2cc([N+](=O)[O-])cc([N+](=O)[O-])c2)cc1)c1cc(-c2ccc(Cl)cc2)nc2ccccc12. The number of nitrogens with zero attached hydrogens (tertiary/aromatic N) is 3. The van der Waals surface area contributed by atoms with Gasteiger partial charge in [-0.05, 0) is 48.5 Å². The molecule has 1 heterocycles. The molecule has 4 aromatic carbocycles. The van der Waals surface area contributed by atoms with E-state index in [1.165, 1.54) is 12.1 Å². The molecule has 0 aliphatic rings. The zero-order valence-corrected chi connectivity index (χ0v) is 20.7. The van der Waals surface area contributed by atoms with E-state index in [-0.39, 0.29) is 17.4 Å². The molecule has 0 bridgehead atoms. The fourth-order valence-electron chi connectivity index (χ4n) is 3.91. The predicted molar refractivity (Wildman–Crippen MR) is 146 cm³/mol. The molecule has 5 aromatic rings. The lowest BCUT2D eigenvalue weighted by Crippen LogP contribution is -2.13. The molecule has 0 aliphatic carbocycles. The topological polar surface area (TPSA) is 138 Å². The van der Waals surface area contributed by atoms with Crippen molar-refractivity contribution in [3.05, 3.63) is 128 Å². The van der Waals surface area contributed by atoms with Crippen LogP contribution in [0.4, 0.5) is 17.1 Å². The Morgan fingerprint density at radius 2 is 1.44 bits per heavy atom. The molecular formula is C28H17ClN4O6. The number of pyridine rings is 1. The smallest absolute Gasteiger partial charge is 0.280 e. The van der Waals surface area contributed by atoms with Crippen molar-refractivity contribution in [3.8, 4) is 22.8 Å². The zero-order valence-electron chi connectivity index (χ0n) is 19.9. The Kier molecular flexibility index (Phi) is 6.85. The molecule has 0 aliphatic heterocycles. The van der Waals surface area contributed by atoms with Crippen LogP contribution in [0.2, 0.25) is 5.02 Å². The minimum Gasteiger partial charge on any atom is -0.457 e. The lowest BCUT2D eigenvalue weighted by molar-refractivity contribution is -0.394. The number of benzene rings is 4. The number of aromatic nitrogens is 1. The van der Waals surface area contributed by atoms with Gasteiger partial charge in [-0.15, -0.1) is 0 Å². The Morgan fingerprint density at radius 3 is 2.08 bits per heavy atom. The van der Waals surface area contributed by atoms with Gasteiger partial charge in [-0.3, -0.25) is 25.0 Å². The molecule has 0 atom stereocenters. The van der Waals surface area contributed by atoms with E-state index in [0.717, 1.165) is 23.8 Å². The van der Waals surface area contributed by atoms with E-state index in [0.29, 0.717) is 32.9 Å². The van der Waals surface area contributed by atoms with Gasteiger partial charge in [-0.25, -0.2) is 4.98 Å². The summed E-state index contributed by atoms with van der Waals surface area (Å²) < 4.78 is 5.60. The number of non-ortho nitro benzene ring substituents is 2. The van der Waals surface area contributed by atoms with Crippen molar-refractivity contribution in [2.45, 2.75) is 0 Å². The van der Waals surface area contributed by atoms with Gasteiger partial charge >= 0.3 is 0 Å². The fourth-order valence-corrected chi connectivity index (χ4v) is 4.04. The fraction of sp³-hybridized carbons (Fsp3) is 0. The van der Waals surface area contributed by atoms with Crippen LogP contribution < -0.4 is 10.1 Å². The van der Waals surface area contributed by atoms with Gasteiger partial charge in [0.2, 0.25) is 0 Å². The van der Waals surface area contributed by atoms with Gasteiger partial charge in [0.15, 0.2) is 0 Å². The summed E-state index contributed by atoms with van der Waals surface area (Å²) in [6.07, 6.45) is 0. The minimum atomic E-state index is -0.736. The van der Waals surface area contributed by atoms with E-state index in [9.17, 15) is 25.0 Å². The van der Waals surface area contributed by atoms with E-state index in [2.05, 4.69) is 10.3 Å². The number of nitro groups is 2. The number of ether oxygens (including phenoxy) is 1. The van der Waals surface area contributed by atoms with Gasteiger partial charge < -0.3 is 10.1 Å². The van der Waals surface area contributed by atoms with Crippen LogP contribution in [0.1, 0.15) is 10.4 Å². The molecule has 1 amide bonds. The van der Waals surface area contributed by atoms with E-state index in [1.807, 2.05) is 36.4 Å². The van der Waals surface area contributed by atoms with Gasteiger partial charge in [0.05, 0.1) is 44.8 Å². The zero-order chi connectivity index (χ0) is 27.5. The highest BCUT2D eigenvalue weighted by Crippen LogP contribution is 2.32. The molecule has 39 heavy (non-hydrogen) atoms. The largest absolute Gasteiger partial charge is 0.457 e. The molecule has 0 spiro atoms. The maximum atomic E-state index is 13.3. The van der Waals surface area contributed by atoms with Crippen molar-refractivity contribution in [2.24, 2.45) is 0 Å². The number of para-hydroxylation sites is 1. The molecule has 192 valence electrons. The number of fused-ring (bicyclic) bond motifs is 1. The first-order valence-corrected chi connectivity index (χ1v) is 11.8. The number of halogens is 1. The lowest BCUT2D eigenvalue weighted by Gasteiger charge is -2.11. The van der Waals surface area contributed by atoms with E-state index in [1.54, 1.807) is 30.3 Å². The maximum Gasteiger partial charge on any atom is 0.280 e. The first kappa shape index (κ1) is 25.3. The Labute approximate surface area is 225 Å². The summed E-state index contributed by atoms with van der Waals surface area (Å²) in [7, 11) is 0. The third-order valence-corrected chi connectivity index (χ3v) is 6.00. The van der Waals surface area contributed by atoms with E-state index < -0.39 is 21.2 Å². The number of hydrogen-bond acceptors (Lipinski definition) is 7. The second-order valence-corrected chi connectivity index (χ2v) is 8.80. The summed E-state index contributed by atoms with van der Waals surface area (Å²) in [6.45, 7) is 0. The number of amides is 1. The number of nitrogens with one attached hydrogen (secondary N) is 1. The average molecular weight is 541 g/mol. The minimum absolute atomic E-state index is 0.0642. The van der Waals surface area contributed by atoms with Crippen molar-refractivity contribution in [3.63, 3.8) is 0 Å². The van der Waals surface area contributed by atoms with Gasteiger partial charge in [-0.2, -0.15) is 0 Å². The van der Waals surface area contributed by atoms with Crippen molar-refractivity contribution in [2.75, 3.05) is 5.32 Å². The highest BCUT2D eigenvalue weighted by molar-refractivity contribution is 6.30. The van der Waals surface area contributed by atoms with Crippen LogP contribution in [0, 0.1) is 20.2 Å². The highest BCUT2D eigenvalue weighted by Gasteiger charge is 2.18. The number of nitro benzene ring substituents is 2. The highest BCUT2D eigenvalue weighted by atomic mass is 35.5. The third kappa shape index (κ3) is 5.65. The normalized spacial score (nSPS) is 10.7. The summed E-state index contributed by atoms with van der Waals surface area (Å²) in [4.78, 5) is 38.8. The van der Waals surface area contributed by atoms with Gasteiger partial charge in [0.25, 0.3) is 17.3 Å². The molecule has 0 fully saturated rings. The Balaban J connectivity index is 1.39. The molecule has 0 unspecified atom stereocenters. The molecule has 1 N–H and O–H groups in total. The summed E-state index contributed by atoms with van der Waals surface area (Å²) >= 11 is 6.01. The monoisotopic (exact) mass is 540 g/mol. The maximum absolute atomic E-state index is 13.3. The first-order chi connectivity index (χ1) is 18.8. The summed E-state index contributed by atoms with van der Waals surface area (Å²) in [5, 5.41) is 26.4. The second-order valence-electron chi connectivity index (χ2n) is 8.36. The van der Waals surface area contributed by atoms with Crippen LogP contribution in [0.25, 0.3) is 22.2 Å². The Morgan fingerprint density at radius 1 is 0.795 bits per heavy atom. The van der Waals surface area contributed by atoms with Crippen LogP contribution in [-0.4, -0.2) is 20.7 Å². The van der Waals surface area contributed by atoms with Crippen molar-refractivity contribution < 1.29 is 19.4 Å². The van der Waals surface area contributed by atoms with Crippen molar-refractivity contribution in [1.29, 1.82) is 0 Å². The molecule has 5 rings (SSSR count). The van der Waals surface area contributed by atoms with Crippen LogP contribution in [0.15, 0.2) is 97.1 Å². The van der Waals surface area contributed by atoms with Gasteiger partial charge in [-0.1, -0.05) is 41.9 Å². The Hall–Kier alpha value is -5.35. The van der Waals surface area contributed by atoms with Gasteiger partial charge in [0.1, 0.15) is 11.5 Å². The number of rotatable bonds is 7.